The summed E-state index contributed by atoms with van der Waals surface area (Å²) in [6, 6.07) is 12.8. The van der Waals surface area contributed by atoms with E-state index in [4.69, 9.17) is 4.74 Å². The largest absolute Gasteiger partial charge is 0.508 e. The first-order valence-corrected chi connectivity index (χ1v) is 5.20. The number of ether oxygens (including phenoxy) is 1. The number of phenolic OH excluding ortho intramolecular Hbond substituents is 1. The molecule has 2 aromatic rings. The third-order valence-corrected chi connectivity index (χ3v) is 2.47. The van der Waals surface area contributed by atoms with E-state index in [9.17, 15) is 5.11 Å². The van der Waals surface area contributed by atoms with Crippen molar-refractivity contribution in [3.05, 3.63) is 53.6 Å². The van der Waals surface area contributed by atoms with Gasteiger partial charge in [-0.15, -0.1) is 0 Å². The lowest BCUT2D eigenvalue weighted by Gasteiger charge is -2.11. The lowest BCUT2D eigenvalue weighted by atomic mass is 10.1. The summed E-state index contributed by atoms with van der Waals surface area (Å²) in [6.07, 6.45) is 0. The van der Waals surface area contributed by atoms with Gasteiger partial charge in [0.15, 0.2) is 0 Å². The molecular weight excluding hydrogens is 200 g/mol. The fourth-order valence-electron chi connectivity index (χ4n) is 1.59. The van der Waals surface area contributed by atoms with Crippen LogP contribution in [-0.4, -0.2) is 5.11 Å². The molecule has 82 valence electrons. The maximum absolute atomic E-state index is 9.18. The van der Waals surface area contributed by atoms with E-state index in [2.05, 4.69) is 0 Å². The van der Waals surface area contributed by atoms with Crippen molar-refractivity contribution in [3.8, 4) is 17.2 Å². The second-order valence-corrected chi connectivity index (χ2v) is 3.82. The molecule has 16 heavy (non-hydrogen) atoms. The topological polar surface area (TPSA) is 29.5 Å². The number of hydrogen-bond acceptors (Lipinski definition) is 2. The van der Waals surface area contributed by atoms with Crippen molar-refractivity contribution in [2.24, 2.45) is 0 Å². The van der Waals surface area contributed by atoms with Gasteiger partial charge in [-0.2, -0.15) is 0 Å². The number of hydrogen-bond donors (Lipinski definition) is 1. The molecule has 2 aromatic carbocycles. The van der Waals surface area contributed by atoms with Gasteiger partial charge in [-0.3, -0.25) is 0 Å². The Morgan fingerprint density at radius 3 is 2.00 bits per heavy atom. The highest BCUT2D eigenvalue weighted by Gasteiger charge is 2.04. The van der Waals surface area contributed by atoms with Gasteiger partial charge in [0.1, 0.15) is 17.2 Å². The molecule has 2 rings (SSSR count). The van der Waals surface area contributed by atoms with E-state index in [1.807, 2.05) is 32.0 Å². The molecule has 2 nitrogen and oxygen atoms in total. The molecule has 0 aliphatic carbocycles. The first kappa shape index (κ1) is 10.6. The van der Waals surface area contributed by atoms with Crippen LogP contribution in [0.5, 0.6) is 17.2 Å². The van der Waals surface area contributed by atoms with Crippen molar-refractivity contribution in [1.29, 1.82) is 0 Å². The summed E-state index contributed by atoms with van der Waals surface area (Å²) in [6.45, 7) is 4.03. The molecule has 0 atom stereocenters. The molecule has 0 bridgehead atoms. The van der Waals surface area contributed by atoms with Crippen molar-refractivity contribution in [3.63, 3.8) is 0 Å². The zero-order chi connectivity index (χ0) is 11.5. The Morgan fingerprint density at radius 1 is 0.875 bits per heavy atom. The minimum atomic E-state index is 0.244. The Bertz CT molecular complexity index is 466. The molecule has 0 spiro atoms. The summed E-state index contributed by atoms with van der Waals surface area (Å²) in [5.74, 6) is 1.86. The molecule has 0 aliphatic rings. The lowest BCUT2D eigenvalue weighted by molar-refractivity contribution is 0.461. The lowest BCUT2D eigenvalue weighted by Crippen LogP contribution is -1.90. The Balaban J connectivity index is 2.30. The fraction of sp³-hybridized carbons (Fsp3) is 0.143. The van der Waals surface area contributed by atoms with Gasteiger partial charge >= 0.3 is 0 Å². The second-order valence-electron chi connectivity index (χ2n) is 3.82. The maximum atomic E-state index is 9.18. The van der Waals surface area contributed by atoms with E-state index in [-0.39, 0.29) is 5.75 Å². The summed E-state index contributed by atoms with van der Waals surface area (Å²) >= 11 is 0. The fourth-order valence-corrected chi connectivity index (χ4v) is 1.59. The summed E-state index contributed by atoms with van der Waals surface area (Å²) in [5, 5.41) is 9.18. The van der Waals surface area contributed by atoms with Gasteiger partial charge in [0.2, 0.25) is 0 Å². The molecule has 1 N–H and O–H groups in total. The smallest absolute Gasteiger partial charge is 0.133 e. The molecule has 0 aliphatic heterocycles. The number of rotatable bonds is 2. The average Bonchev–Trinajstić information content (AvgIpc) is 2.26. The van der Waals surface area contributed by atoms with Crippen molar-refractivity contribution < 1.29 is 9.84 Å². The highest BCUT2D eigenvalue weighted by molar-refractivity contribution is 5.43. The number of phenols is 1. The van der Waals surface area contributed by atoms with Gasteiger partial charge < -0.3 is 9.84 Å². The van der Waals surface area contributed by atoms with Gasteiger partial charge in [0.05, 0.1) is 0 Å². The van der Waals surface area contributed by atoms with Gasteiger partial charge in [-0.25, -0.2) is 0 Å². The van der Waals surface area contributed by atoms with Crippen LogP contribution in [0.15, 0.2) is 42.5 Å². The molecule has 0 heterocycles. The normalized spacial score (nSPS) is 10.1. The molecule has 0 aromatic heterocycles. The van der Waals surface area contributed by atoms with Crippen LogP contribution in [0.4, 0.5) is 0 Å². The van der Waals surface area contributed by atoms with E-state index in [0.717, 1.165) is 22.6 Å². The van der Waals surface area contributed by atoms with Crippen molar-refractivity contribution in [2.45, 2.75) is 13.8 Å². The molecular formula is C14H14O2. The molecule has 0 unspecified atom stereocenters. The van der Waals surface area contributed by atoms with Crippen molar-refractivity contribution in [2.75, 3.05) is 0 Å². The number of aromatic hydroxyl groups is 1. The summed E-state index contributed by atoms with van der Waals surface area (Å²) < 4.78 is 5.78. The van der Waals surface area contributed by atoms with Crippen LogP contribution in [-0.2, 0) is 0 Å². The predicted molar refractivity (Wildman–Crippen MR) is 64.1 cm³/mol. The third-order valence-electron chi connectivity index (χ3n) is 2.47. The van der Waals surface area contributed by atoms with E-state index in [0.29, 0.717) is 0 Å². The quantitative estimate of drug-likeness (QED) is 0.823. The molecule has 0 saturated carbocycles. The summed E-state index contributed by atoms with van der Waals surface area (Å²) in [5.41, 5.74) is 2.21. The van der Waals surface area contributed by atoms with Gasteiger partial charge in [-0.1, -0.05) is 18.2 Å². The first-order chi connectivity index (χ1) is 7.66. The number of aryl methyl sites for hydroxylation is 2. The van der Waals surface area contributed by atoms with Crippen LogP contribution in [0.1, 0.15) is 11.1 Å². The predicted octanol–water partition coefficient (Wildman–Crippen LogP) is 3.80. The van der Waals surface area contributed by atoms with Crippen LogP contribution in [0.2, 0.25) is 0 Å². The SMILES string of the molecule is Cc1cccc(C)c1Oc1ccc(O)cc1. The molecule has 0 amide bonds. The third kappa shape index (κ3) is 2.16. The minimum Gasteiger partial charge on any atom is -0.508 e. The Kier molecular flexibility index (Phi) is 2.82. The molecule has 2 heteroatoms. The standard InChI is InChI=1S/C14H14O2/c1-10-4-3-5-11(2)14(10)16-13-8-6-12(15)7-9-13/h3-9,15H,1-2H3. The van der Waals surface area contributed by atoms with Crippen LogP contribution in [0.3, 0.4) is 0 Å². The Hall–Kier alpha value is -1.96. The van der Waals surface area contributed by atoms with Crippen LogP contribution < -0.4 is 4.74 Å². The van der Waals surface area contributed by atoms with Gasteiger partial charge in [0, 0.05) is 0 Å². The Morgan fingerprint density at radius 2 is 1.44 bits per heavy atom. The molecule has 0 fully saturated rings. The average molecular weight is 214 g/mol. The maximum Gasteiger partial charge on any atom is 0.133 e. The van der Waals surface area contributed by atoms with Crippen LogP contribution in [0, 0.1) is 13.8 Å². The highest BCUT2D eigenvalue weighted by atomic mass is 16.5. The number of para-hydroxylation sites is 1. The zero-order valence-corrected chi connectivity index (χ0v) is 9.40. The highest BCUT2D eigenvalue weighted by Crippen LogP contribution is 2.29. The summed E-state index contributed by atoms with van der Waals surface area (Å²) in [7, 11) is 0. The van der Waals surface area contributed by atoms with E-state index >= 15 is 0 Å². The molecule has 0 saturated heterocycles. The van der Waals surface area contributed by atoms with E-state index < -0.39 is 0 Å². The number of benzene rings is 2. The van der Waals surface area contributed by atoms with Gasteiger partial charge in [0.25, 0.3) is 0 Å². The van der Waals surface area contributed by atoms with Crippen molar-refractivity contribution in [1.82, 2.24) is 0 Å². The Labute approximate surface area is 95.1 Å². The molecule has 0 radical (unpaired) electrons. The zero-order valence-electron chi connectivity index (χ0n) is 9.40. The van der Waals surface area contributed by atoms with Crippen LogP contribution >= 0.6 is 0 Å². The van der Waals surface area contributed by atoms with Gasteiger partial charge in [-0.05, 0) is 49.2 Å². The summed E-state index contributed by atoms with van der Waals surface area (Å²) in [4.78, 5) is 0. The van der Waals surface area contributed by atoms with Crippen molar-refractivity contribution >= 4 is 0 Å². The monoisotopic (exact) mass is 214 g/mol. The van der Waals surface area contributed by atoms with E-state index in [1.54, 1.807) is 24.3 Å². The minimum absolute atomic E-state index is 0.244. The second kappa shape index (κ2) is 4.27. The van der Waals surface area contributed by atoms with E-state index in [1.165, 1.54) is 0 Å². The first-order valence-electron chi connectivity index (χ1n) is 5.20. The van der Waals surface area contributed by atoms with Crippen LogP contribution in [0.25, 0.3) is 0 Å².